The first-order valence-electron chi connectivity index (χ1n) is 7.76. The molecule has 0 saturated carbocycles. The molecule has 0 fully saturated rings. The summed E-state index contributed by atoms with van der Waals surface area (Å²) in [6.45, 7) is 1.76. The SMILES string of the molecule is CC(C(=O)Nc1cccc(NC(=O)c2ccccn2)c1)n1cccn1. The van der Waals surface area contributed by atoms with Crippen LogP contribution in [0.1, 0.15) is 23.5 Å². The van der Waals surface area contributed by atoms with Crippen molar-refractivity contribution in [2.45, 2.75) is 13.0 Å². The van der Waals surface area contributed by atoms with Crippen LogP contribution in [0.15, 0.2) is 67.1 Å². The lowest BCUT2D eigenvalue weighted by Crippen LogP contribution is -2.24. The first-order valence-corrected chi connectivity index (χ1v) is 7.76. The van der Waals surface area contributed by atoms with Gasteiger partial charge in [0, 0.05) is 30.0 Å². The Morgan fingerprint density at radius 2 is 1.80 bits per heavy atom. The highest BCUT2D eigenvalue weighted by Crippen LogP contribution is 2.17. The Morgan fingerprint density at radius 3 is 2.48 bits per heavy atom. The van der Waals surface area contributed by atoms with Gasteiger partial charge in [-0.3, -0.25) is 19.3 Å². The molecule has 2 aromatic heterocycles. The molecule has 0 radical (unpaired) electrons. The normalized spacial score (nSPS) is 11.6. The fraction of sp³-hybridized carbons (Fsp3) is 0.111. The molecule has 0 saturated heterocycles. The highest BCUT2D eigenvalue weighted by molar-refractivity contribution is 6.03. The smallest absolute Gasteiger partial charge is 0.274 e. The highest BCUT2D eigenvalue weighted by atomic mass is 16.2. The second-order valence-electron chi connectivity index (χ2n) is 5.40. The van der Waals surface area contributed by atoms with Gasteiger partial charge in [-0.15, -0.1) is 0 Å². The first-order chi connectivity index (χ1) is 12.1. The van der Waals surface area contributed by atoms with E-state index in [-0.39, 0.29) is 11.8 Å². The highest BCUT2D eigenvalue weighted by Gasteiger charge is 2.15. The second-order valence-corrected chi connectivity index (χ2v) is 5.40. The molecular weight excluding hydrogens is 318 g/mol. The minimum Gasteiger partial charge on any atom is -0.324 e. The Balaban J connectivity index is 1.67. The van der Waals surface area contributed by atoms with Crippen molar-refractivity contribution >= 4 is 23.2 Å². The van der Waals surface area contributed by atoms with Crippen LogP contribution < -0.4 is 10.6 Å². The summed E-state index contributed by atoms with van der Waals surface area (Å²) in [6.07, 6.45) is 4.91. The average molecular weight is 335 g/mol. The van der Waals surface area contributed by atoms with E-state index in [0.29, 0.717) is 17.1 Å². The standard InChI is InChI=1S/C18H17N5O2/c1-13(23-11-5-10-20-23)17(24)21-14-6-4-7-15(12-14)22-18(25)16-8-2-3-9-19-16/h2-13H,1H3,(H,21,24)(H,22,25). The summed E-state index contributed by atoms with van der Waals surface area (Å²) < 4.78 is 1.57. The Hall–Kier alpha value is -3.48. The van der Waals surface area contributed by atoms with Crippen LogP contribution in [-0.2, 0) is 4.79 Å². The van der Waals surface area contributed by atoms with Crippen molar-refractivity contribution < 1.29 is 9.59 Å². The van der Waals surface area contributed by atoms with Crippen molar-refractivity contribution in [2.24, 2.45) is 0 Å². The number of amides is 2. The second kappa shape index (κ2) is 7.39. The van der Waals surface area contributed by atoms with Crippen molar-refractivity contribution in [2.75, 3.05) is 10.6 Å². The van der Waals surface area contributed by atoms with Gasteiger partial charge >= 0.3 is 0 Å². The molecule has 126 valence electrons. The van der Waals surface area contributed by atoms with Crippen LogP contribution in [0.5, 0.6) is 0 Å². The van der Waals surface area contributed by atoms with Gasteiger partial charge in [0.05, 0.1) is 0 Å². The van der Waals surface area contributed by atoms with E-state index in [9.17, 15) is 9.59 Å². The number of hydrogen-bond acceptors (Lipinski definition) is 4. The molecule has 0 aliphatic carbocycles. The summed E-state index contributed by atoms with van der Waals surface area (Å²) in [4.78, 5) is 28.4. The Kier molecular flexibility index (Phi) is 4.84. The molecule has 7 heteroatoms. The van der Waals surface area contributed by atoms with Crippen molar-refractivity contribution in [3.63, 3.8) is 0 Å². The van der Waals surface area contributed by atoms with E-state index in [2.05, 4.69) is 20.7 Å². The van der Waals surface area contributed by atoms with Gasteiger partial charge in [0.1, 0.15) is 11.7 Å². The molecular formula is C18H17N5O2. The maximum Gasteiger partial charge on any atom is 0.274 e. The summed E-state index contributed by atoms with van der Waals surface area (Å²) in [5, 5.41) is 9.64. The van der Waals surface area contributed by atoms with E-state index < -0.39 is 6.04 Å². The maximum atomic E-state index is 12.3. The molecule has 2 amide bonds. The summed E-state index contributed by atoms with van der Waals surface area (Å²) in [5.74, 6) is -0.508. The van der Waals surface area contributed by atoms with Crippen molar-refractivity contribution in [3.8, 4) is 0 Å². The Morgan fingerprint density at radius 1 is 1.00 bits per heavy atom. The molecule has 1 atom stereocenters. The van der Waals surface area contributed by atoms with Crippen LogP contribution in [0.3, 0.4) is 0 Å². The van der Waals surface area contributed by atoms with Gasteiger partial charge in [0.15, 0.2) is 0 Å². The molecule has 2 N–H and O–H groups in total. The zero-order chi connectivity index (χ0) is 17.6. The number of carbonyl (C=O) groups excluding carboxylic acids is 2. The zero-order valence-corrected chi connectivity index (χ0v) is 13.6. The number of anilines is 2. The van der Waals surface area contributed by atoms with Gasteiger partial charge in [-0.05, 0) is 43.3 Å². The molecule has 0 aliphatic heterocycles. The number of nitrogens with one attached hydrogen (secondary N) is 2. The van der Waals surface area contributed by atoms with Gasteiger partial charge < -0.3 is 10.6 Å². The number of hydrogen-bond donors (Lipinski definition) is 2. The van der Waals surface area contributed by atoms with Gasteiger partial charge in [-0.2, -0.15) is 5.10 Å². The van der Waals surface area contributed by atoms with Gasteiger partial charge in [0.2, 0.25) is 5.91 Å². The number of pyridine rings is 1. The van der Waals surface area contributed by atoms with Crippen LogP contribution in [-0.4, -0.2) is 26.6 Å². The third-order valence-electron chi connectivity index (χ3n) is 3.59. The van der Waals surface area contributed by atoms with Crippen LogP contribution in [0.2, 0.25) is 0 Å². The molecule has 25 heavy (non-hydrogen) atoms. The van der Waals surface area contributed by atoms with E-state index in [1.807, 2.05) is 0 Å². The molecule has 2 heterocycles. The van der Waals surface area contributed by atoms with Crippen molar-refractivity contribution in [1.82, 2.24) is 14.8 Å². The van der Waals surface area contributed by atoms with Crippen molar-refractivity contribution in [3.05, 3.63) is 72.8 Å². The molecule has 1 aromatic carbocycles. The van der Waals surface area contributed by atoms with Crippen LogP contribution >= 0.6 is 0 Å². The van der Waals surface area contributed by atoms with Gasteiger partial charge in [0.25, 0.3) is 5.91 Å². The maximum absolute atomic E-state index is 12.3. The molecule has 0 spiro atoms. The molecule has 0 bridgehead atoms. The summed E-state index contributed by atoms with van der Waals surface area (Å²) >= 11 is 0. The fourth-order valence-corrected chi connectivity index (χ4v) is 2.24. The summed E-state index contributed by atoms with van der Waals surface area (Å²) in [5.41, 5.74) is 1.48. The number of carbonyl (C=O) groups is 2. The van der Waals surface area contributed by atoms with Crippen LogP contribution in [0.25, 0.3) is 0 Å². The monoisotopic (exact) mass is 335 g/mol. The van der Waals surface area contributed by atoms with Gasteiger partial charge in [-0.25, -0.2) is 0 Å². The van der Waals surface area contributed by atoms with E-state index in [1.165, 1.54) is 0 Å². The number of rotatable bonds is 5. The van der Waals surface area contributed by atoms with Gasteiger partial charge in [-0.1, -0.05) is 12.1 Å². The van der Waals surface area contributed by atoms with Crippen LogP contribution in [0, 0.1) is 0 Å². The average Bonchev–Trinajstić information content (AvgIpc) is 3.16. The largest absolute Gasteiger partial charge is 0.324 e. The van der Waals surface area contributed by atoms with E-state index >= 15 is 0 Å². The fourth-order valence-electron chi connectivity index (χ4n) is 2.24. The molecule has 1 unspecified atom stereocenters. The number of aromatic nitrogens is 3. The predicted octanol–water partition coefficient (Wildman–Crippen LogP) is 2.73. The lowest BCUT2D eigenvalue weighted by molar-refractivity contribution is -0.119. The Labute approximate surface area is 144 Å². The molecule has 7 nitrogen and oxygen atoms in total. The zero-order valence-electron chi connectivity index (χ0n) is 13.6. The minimum absolute atomic E-state index is 0.197. The quantitative estimate of drug-likeness (QED) is 0.750. The number of nitrogens with zero attached hydrogens (tertiary/aromatic N) is 3. The number of benzene rings is 1. The molecule has 3 aromatic rings. The lowest BCUT2D eigenvalue weighted by Gasteiger charge is -2.13. The lowest BCUT2D eigenvalue weighted by atomic mass is 10.2. The first kappa shape index (κ1) is 16.4. The minimum atomic E-state index is -0.443. The topological polar surface area (TPSA) is 88.9 Å². The Bertz CT molecular complexity index is 862. The van der Waals surface area contributed by atoms with Crippen molar-refractivity contribution in [1.29, 1.82) is 0 Å². The van der Waals surface area contributed by atoms with E-state index in [0.717, 1.165) is 0 Å². The van der Waals surface area contributed by atoms with E-state index in [1.54, 1.807) is 78.7 Å². The van der Waals surface area contributed by atoms with Crippen LogP contribution in [0.4, 0.5) is 11.4 Å². The third kappa shape index (κ3) is 4.08. The third-order valence-corrected chi connectivity index (χ3v) is 3.59. The summed E-state index contributed by atoms with van der Waals surface area (Å²) in [6, 6.07) is 13.4. The molecule has 0 aliphatic rings. The van der Waals surface area contributed by atoms with E-state index in [4.69, 9.17) is 0 Å². The predicted molar refractivity (Wildman–Crippen MR) is 94.2 cm³/mol. The summed E-state index contributed by atoms with van der Waals surface area (Å²) in [7, 11) is 0. The molecule has 3 rings (SSSR count).